The van der Waals surface area contributed by atoms with Crippen LogP contribution in [0.2, 0.25) is 0 Å². The van der Waals surface area contributed by atoms with E-state index in [1.54, 1.807) is 39.8 Å². The molecule has 12 N–H and O–H groups in total. The Bertz CT molecular complexity index is 2300. The number of carbonyl (C=O) groups is 2. The molecular formula is C57H90O22. The summed E-state index contributed by atoms with van der Waals surface area (Å²) in [6, 6.07) is 0. The fourth-order valence-electron chi connectivity index (χ4n) is 16.2. The topological polar surface area (TPSA) is 351 Å². The molecule has 5 aliphatic carbocycles. The lowest BCUT2D eigenvalue weighted by Gasteiger charge is -2.73. The first-order valence-electron chi connectivity index (χ1n) is 28.2. The zero-order valence-electron chi connectivity index (χ0n) is 47.5. The largest absolute Gasteiger partial charge is 0.454 e. The third kappa shape index (κ3) is 9.93. The molecule has 0 bridgehead atoms. The van der Waals surface area contributed by atoms with E-state index in [1.807, 2.05) is 20.8 Å². The molecule has 7 fully saturated rings. The van der Waals surface area contributed by atoms with Crippen LogP contribution in [-0.4, -0.2) is 216 Å². The Labute approximate surface area is 462 Å². The molecule has 4 saturated carbocycles. The van der Waals surface area contributed by atoms with Crippen molar-refractivity contribution in [2.24, 2.45) is 50.2 Å². The maximum absolute atomic E-state index is 13.8. The first kappa shape index (κ1) is 62.5. The molecule has 3 aliphatic heterocycles. The molecule has 0 unspecified atom stereocenters. The van der Waals surface area contributed by atoms with Crippen molar-refractivity contribution in [3.05, 3.63) is 34.9 Å². The molecule has 8 rings (SSSR count). The molecule has 0 aromatic heterocycles. The van der Waals surface area contributed by atoms with E-state index in [2.05, 4.69) is 33.8 Å². The third-order valence-electron chi connectivity index (χ3n) is 21.4. The smallest absolute Gasteiger partial charge is 0.333 e. The Kier molecular flexibility index (Phi) is 18.0. The van der Waals surface area contributed by atoms with Crippen LogP contribution in [0.1, 0.15) is 115 Å². The Balaban J connectivity index is 1.10. The fourth-order valence-corrected chi connectivity index (χ4v) is 16.2. The number of allylic oxidation sites excluding steroid dienone is 3. The van der Waals surface area contributed by atoms with E-state index in [9.17, 15) is 70.9 Å². The molecule has 79 heavy (non-hydrogen) atoms. The zero-order chi connectivity index (χ0) is 58.4. The number of aliphatic hydroxyl groups is 12. The van der Waals surface area contributed by atoms with Crippen LogP contribution in [0.15, 0.2) is 34.9 Å². The molecule has 8 aliphatic rings. The van der Waals surface area contributed by atoms with Gasteiger partial charge in [-0.2, -0.15) is 0 Å². The summed E-state index contributed by atoms with van der Waals surface area (Å²) in [6.45, 7) is 18.4. The Morgan fingerprint density at radius 2 is 1.18 bits per heavy atom. The molecule has 0 radical (unpaired) electrons. The van der Waals surface area contributed by atoms with Gasteiger partial charge in [0.25, 0.3) is 0 Å². The number of hydrogen-bond acceptors (Lipinski definition) is 22. The first-order valence-corrected chi connectivity index (χ1v) is 28.2. The molecular weight excluding hydrogens is 1040 g/mol. The first-order chi connectivity index (χ1) is 36.9. The summed E-state index contributed by atoms with van der Waals surface area (Å²) < 4.78 is 48.9. The van der Waals surface area contributed by atoms with Gasteiger partial charge in [0, 0.05) is 22.0 Å². The third-order valence-corrected chi connectivity index (χ3v) is 21.4. The molecule has 0 amide bonds. The second-order valence-electron chi connectivity index (χ2n) is 26.0. The van der Waals surface area contributed by atoms with Gasteiger partial charge in [0.15, 0.2) is 25.0 Å². The van der Waals surface area contributed by atoms with E-state index < -0.39 is 193 Å². The normalized spacial score (nSPS) is 49.6. The minimum absolute atomic E-state index is 0.0647. The average molecular weight is 1130 g/mol. The van der Waals surface area contributed by atoms with E-state index in [4.69, 9.17) is 37.9 Å². The van der Waals surface area contributed by atoms with Gasteiger partial charge < -0.3 is 99.2 Å². The van der Waals surface area contributed by atoms with E-state index in [1.165, 1.54) is 0 Å². The monoisotopic (exact) mass is 1130 g/mol. The molecule has 26 atom stereocenters. The summed E-state index contributed by atoms with van der Waals surface area (Å²) in [4.78, 5) is 27.4. The van der Waals surface area contributed by atoms with Crippen LogP contribution in [0.4, 0.5) is 0 Å². The summed E-state index contributed by atoms with van der Waals surface area (Å²) in [5.41, 5.74) is -3.99. The molecule has 22 nitrogen and oxygen atoms in total. The molecule has 0 aromatic rings. The predicted octanol–water partition coefficient (Wildman–Crippen LogP) is 0.170. The summed E-state index contributed by atoms with van der Waals surface area (Å²) in [7, 11) is 0. The van der Waals surface area contributed by atoms with Crippen molar-refractivity contribution in [1.82, 2.24) is 0 Å². The van der Waals surface area contributed by atoms with Gasteiger partial charge in [0.1, 0.15) is 73.2 Å². The number of hydrogen-bond donors (Lipinski definition) is 12. The van der Waals surface area contributed by atoms with Gasteiger partial charge in [-0.15, -0.1) is 0 Å². The molecule has 0 aromatic carbocycles. The van der Waals surface area contributed by atoms with Crippen molar-refractivity contribution in [2.45, 2.75) is 231 Å². The van der Waals surface area contributed by atoms with E-state index >= 15 is 0 Å². The van der Waals surface area contributed by atoms with Crippen LogP contribution in [0.5, 0.6) is 0 Å². The lowest BCUT2D eigenvalue weighted by molar-refractivity contribution is -0.365. The van der Waals surface area contributed by atoms with Gasteiger partial charge in [0.05, 0.1) is 50.2 Å². The van der Waals surface area contributed by atoms with Gasteiger partial charge in [-0.1, -0.05) is 72.3 Å². The van der Waals surface area contributed by atoms with Gasteiger partial charge in [-0.3, -0.25) is 0 Å². The number of aliphatic hydroxyl groups excluding tert-OH is 12. The van der Waals surface area contributed by atoms with Gasteiger partial charge in [-0.25, -0.2) is 9.59 Å². The summed E-state index contributed by atoms with van der Waals surface area (Å²) in [5, 5.41) is 134. The van der Waals surface area contributed by atoms with Gasteiger partial charge in [-0.05, 0) is 100 Å². The highest BCUT2D eigenvalue weighted by atomic mass is 16.8. The standard InChI is InChI=1S/C57H90O22/c1-12-25(3)47(70)78-45-46(79-48(71)26(4)13-2)57(24-60)28(20-52(45,5)6)27-14-15-33-54(9)18-17-34(53(7,8)32(54)16-19-55(33,10)56(27,11)43(68)44(57)69)76-51-42(77-50-40(66)36(62)30(22-59)74-50)39(65)37(63)31(75-51)23-72-49-41(67)38(64)35(61)29(21-58)73-49/h12-14,28-46,49-51,58-69H,15-24H2,1-11H3/t28-,29+,30-,31+,32-,33+,34-,35+,36-,37+,38-,39-,40+,41+,42+,43-,44+,45-,46-,49+,50-,51-,54-,55+,56-,57-/m0/s1. The summed E-state index contributed by atoms with van der Waals surface area (Å²) in [6.07, 6.45) is -20.1. The van der Waals surface area contributed by atoms with Crippen molar-refractivity contribution < 1.29 is 109 Å². The van der Waals surface area contributed by atoms with Crippen molar-refractivity contribution in [1.29, 1.82) is 0 Å². The number of fused-ring (bicyclic) bond motifs is 7. The van der Waals surface area contributed by atoms with Crippen LogP contribution in [-0.2, 0) is 47.5 Å². The molecule has 3 saturated heterocycles. The summed E-state index contributed by atoms with van der Waals surface area (Å²) >= 11 is 0. The van der Waals surface area contributed by atoms with Crippen LogP contribution >= 0.6 is 0 Å². The van der Waals surface area contributed by atoms with Crippen molar-refractivity contribution in [2.75, 3.05) is 26.4 Å². The predicted molar refractivity (Wildman–Crippen MR) is 276 cm³/mol. The molecule has 22 heteroatoms. The highest BCUT2D eigenvalue weighted by Gasteiger charge is 2.76. The lowest BCUT2D eigenvalue weighted by Crippen LogP contribution is -2.76. The van der Waals surface area contributed by atoms with E-state index in [-0.39, 0.29) is 17.4 Å². The maximum Gasteiger partial charge on any atom is 0.333 e. The van der Waals surface area contributed by atoms with Gasteiger partial charge in [0.2, 0.25) is 0 Å². The fraction of sp³-hybridized carbons (Fsp3) is 0.860. The van der Waals surface area contributed by atoms with Crippen molar-refractivity contribution >= 4 is 11.9 Å². The highest BCUT2D eigenvalue weighted by Crippen LogP contribution is 2.76. The zero-order valence-corrected chi connectivity index (χ0v) is 47.5. The minimum atomic E-state index is -1.82. The lowest BCUT2D eigenvalue weighted by atomic mass is 9.32. The average Bonchev–Trinajstić information content (AvgIpc) is 1.91. The number of rotatable bonds is 14. The SMILES string of the molecule is CC=C(C)C(=O)O[C@H]1[C@H](OC(=O)C(C)=CC)[C@]2(CO)[C@H](O)[C@H](O)[C@]3(C)C(=CC[C@@H]4[C@@]5(C)CC[C@H](O[C@@H]6O[C@H](CO[C@@H]7O[C@H](CO)[C@@H](O)[C@H](O)[C@H]7O)[C@@H](O)[C@H](O)[C@H]6O[C@@H]6O[C@@H](CO)[C@H](O)[C@H]6O)C(C)(C)[C@@H]5CC[C@]43C)[C@@H]2CC1(C)C. The van der Waals surface area contributed by atoms with Crippen molar-refractivity contribution in [3.8, 4) is 0 Å². The Morgan fingerprint density at radius 1 is 0.633 bits per heavy atom. The van der Waals surface area contributed by atoms with Crippen LogP contribution in [0.25, 0.3) is 0 Å². The second kappa shape index (κ2) is 22.8. The number of carbonyl (C=O) groups excluding carboxylic acids is 2. The summed E-state index contributed by atoms with van der Waals surface area (Å²) in [5.74, 6) is -2.14. The Morgan fingerprint density at radius 3 is 1.76 bits per heavy atom. The van der Waals surface area contributed by atoms with E-state index in [0.717, 1.165) is 5.57 Å². The van der Waals surface area contributed by atoms with Crippen molar-refractivity contribution in [3.63, 3.8) is 0 Å². The quantitative estimate of drug-likeness (QED) is 0.0477. The molecule has 0 spiro atoms. The molecule has 450 valence electrons. The number of esters is 2. The highest BCUT2D eigenvalue weighted by molar-refractivity contribution is 5.88. The van der Waals surface area contributed by atoms with Crippen LogP contribution in [0, 0.1) is 50.2 Å². The Hall–Kier alpha value is -2.56. The van der Waals surface area contributed by atoms with E-state index in [0.29, 0.717) is 44.1 Å². The van der Waals surface area contributed by atoms with Crippen LogP contribution in [0.3, 0.4) is 0 Å². The number of ether oxygens (including phenoxy) is 8. The van der Waals surface area contributed by atoms with Crippen LogP contribution < -0.4 is 0 Å². The maximum atomic E-state index is 13.8. The van der Waals surface area contributed by atoms with Gasteiger partial charge >= 0.3 is 11.9 Å². The minimum Gasteiger partial charge on any atom is -0.454 e. The second-order valence-corrected chi connectivity index (χ2v) is 26.0. The molecule has 3 heterocycles.